The van der Waals surface area contributed by atoms with E-state index < -0.39 is 0 Å². The number of nitrogens with zero attached hydrogens (tertiary/aromatic N) is 2. The summed E-state index contributed by atoms with van der Waals surface area (Å²) in [4.78, 5) is 9.21. The van der Waals surface area contributed by atoms with Crippen molar-refractivity contribution < 1.29 is 4.74 Å². The van der Waals surface area contributed by atoms with Crippen LogP contribution < -0.4 is 5.73 Å². The Labute approximate surface area is 130 Å². The maximum absolute atomic E-state index is 5.81. The van der Waals surface area contributed by atoms with Crippen LogP contribution in [0.15, 0.2) is 42.5 Å². The minimum atomic E-state index is 0.505. The lowest BCUT2D eigenvalue weighted by atomic mass is 9.99. The molecule has 0 atom stereocenters. The van der Waals surface area contributed by atoms with Gasteiger partial charge in [-0.15, -0.1) is 0 Å². The van der Waals surface area contributed by atoms with Gasteiger partial charge in [0.25, 0.3) is 0 Å². The van der Waals surface area contributed by atoms with Crippen LogP contribution in [0.4, 0.5) is 5.82 Å². The van der Waals surface area contributed by atoms with Crippen molar-refractivity contribution in [3.63, 3.8) is 0 Å². The molecule has 22 heavy (non-hydrogen) atoms. The molecule has 0 radical (unpaired) electrons. The van der Waals surface area contributed by atoms with Gasteiger partial charge in [0.15, 0.2) is 0 Å². The number of fused-ring (bicyclic) bond motifs is 1. The number of methoxy groups -OCH3 is 1. The van der Waals surface area contributed by atoms with Gasteiger partial charge in [0.05, 0.1) is 23.5 Å². The highest BCUT2D eigenvalue weighted by Crippen LogP contribution is 2.30. The smallest absolute Gasteiger partial charge is 0.123 e. The Balaban J connectivity index is 2.24. The molecule has 0 unspecified atom stereocenters. The first-order valence-corrected chi connectivity index (χ1v) is 7.36. The molecule has 0 saturated carbocycles. The highest BCUT2D eigenvalue weighted by atomic mass is 16.5. The lowest BCUT2D eigenvalue weighted by molar-refractivity contribution is 0.182. The van der Waals surface area contributed by atoms with Gasteiger partial charge in [-0.25, -0.2) is 9.97 Å². The second-order valence-corrected chi connectivity index (χ2v) is 5.20. The summed E-state index contributed by atoms with van der Waals surface area (Å²) in [5.41, 5.74) is 10.9. The van der Waals surface area contributed by atoms with Crippen LogP contribution in [0.5, 0.6) is 0 Å². The molecule has 0 aliphatic rings. The number of anilines is 1. The van der Waals surface area contributed by atoms with E-state index in [-0.39, 0.29) is 0 Å². The Kier molecular flexibility index (Phi) is 4.02. The topological polar surface area (TPSA) is 61.0 Å². The molecule has 0 saturated heterocycles. The monoisotopic (exact) mass is 293 g/mol. The molecule has 2 heterocycles. The van der Waals surface area contributed by atoms with E-state index in [9.17, 15) is 0 Å². The summed E-state index contributed by atoms with van der Waals surface area (Å²) in [7, 11) is 1.68. The molecule has 2 N–H and O–H groups in total. The molecular weight excluding hydrogens is 274 g/mol. The molecule has 2 aromatic heterocycles. The summed E-state index contributed by atoms with van der Waals surface area (Å²) in [6.45, 7) is 2.59. The van der Waals surface area contributed by atoms with Crippen LogP contribution in [0, 0.1) is 0 Å². The second-order valence-electron chi connectivity index (χ2n) is 5.20. The van der Waals surface area contributed by atoms with Crippen LogP contribution in [-0.2, 0) is 17.8 Å². The number of hydrogen-bond donors (Lipinski definition) is 1. The first-order valence-electron chi connectivity index (χ1n) is 7.36. The van der Waals surface area contributed by atoms with Crippen LogP contribution in [0.2, 0.25) is 0 Å². The van der Waals surface area contributed by atoms with Crippen molar-refractivity contribution in [2.75, 3.05) is 12.8 Å². The van der Waals surface area contributed by atoms with Crippen molar-refractivity contribution in [1.82, 2.24) is 9.97 Å². The van der Waals surface area contributed by atoms with Gasteiger partial charge in [-0.05, 0) is 24.6 Å². The summed E-state index contributed by atoms with van der Waals surface area (Å²) in [6.07, 6.45) is 0.828. The minimum absolute atomic E-state index is 0.505. The molecule has 0 aliphatic heterocycles. The standard InChI is InChI=1S/C18H19N3O/c1-3-16-14(9-10-17(19)21-16)15-6-4-5-12-7-8-13(11-22-2)20-18(12)15/h4-10H,3,11H2,1-2H3,(H2,19,21). The predicted octanol–water partition coefficient (Wildman–Crippen LogP) is 3.59. The Hall–Kier alpha value is -2.46. The Morgan fingerprint density at radius 2 is 1.86 bits per heavy atom. The van der Waals surface area contributed by atoms with Gasteiger partial charge in [0, 0.05) is 23.6 Å². The number of pyridine rings is 2. The SMILES string of the molecule is CCc1nc(N)ccc1-c1cccc2ccc(COC)nc12. The third kappa shape index (κ3) is 2.65. The van der Waals surface area contributed by atoms with E-state index in [4.69, 9.17) is 15.5 Å². The average molecular weight is 293 g/mol. The quantitative estimate of drug-likeness (QED) is 0.798. The van der Waals surface area contributed by atoms with Crippen LogP contribution in [0.1, 0.15) is 18.3 Å². The van der Waals surface area contributed by atoms with E-state index in [1.54, 1.807) is 7.11 Å². The van der Waals surface area contributed by atoms with Crippen LogP contribution in [0.25, 0.3) is 22.0 Å². The zero-order valence-corrected chi connectivity index (χ0v) is 12.8. The minimum Gasteiger partial charge on any atom is -0.384 e. The number of rotatable bonds is 4. The van der Waals surface area contributed by atoms with Crippen molar-refractivity contribution in [2.45, 2.75) is 20.0 Å². The fourth-order valence-corrected chi connectivity index (χ4v) is 2.67. The lowest BCUT2D eigenvalue weighted by Gasteiger charge is -2.11. The third-order valence-corrected chi connectivity index (χ3v) is 3.69. The number of nitrogen functional groups attached to an aromatic ring is 1. The first-order chi connectivity index (χ1) is 10.7. The molecule has 3 rings (SSSR count). The Bertz CT molecular complexity index is 815. The highest BCUT2D eigenvalue weighted by molar-refractivity contribution is 5.94. The van der Waals surface area contributed by atoms with E-state index >= 15 is 0 Å². The molecule has 0 aliphatic carbocycles. The molecular formula is C18H19N3O. The molecule has 112 valence electrons. The van der Waals surface area contributed by atoms with Crippen molar-refractivity contribution in [3.05, 3.63) is 53.9 Å². The number of aromatic nitrogens is 2. The van der Waals surface area contributed by atoms with E-state index in [0.717, 1.165) is 39.8 Å². The zero-order chi connectivity index (χ0) is 15.5. The van der Waals surface area contributed by atoms with E-state index in [0.29, 0.717) is 12.4 Å². The van der Waals surface area contributed by atoms with Gasteiger partial charge in [0.2, 0.25) is 0 Å². The van der Waals surface area contributed by atoms with E-state index in [2.05, 4.69) is 30.1 Å². The van der Waals surface area contributed by atoms with Crippen LogP contribution >= 0.6 is 0 Å². The summed E-state index contributed by atoms with van der Waals surface area (Å²) in [6, 6.07) is 14.1. The summed E-state index contributed by atoms with van der Waals surface area (Å²) < 4.78 is 5.19. The van der Waals surface area contributed by atoms with Gasteiger partial charge in [-0.1, -0.05) is 31.2 Å². The number of nitrogens with two attached hydrogens (primary N) is 1. The van der Waals surface area contributed by atoms with Gasteiger partial charge in [-0.2, -0.15) is 0 Å². The molecule has 4 nitrogen and oxygen atoms in total. The van der Waals surface area contributed by atoms with Gasteiger partial charge in [0.1, 0.15) is 5.82 Å². The second kappa shape index (κ2) is 6.12. The normalized spacial score (nSPS) is 11.0. The summed E-state index contributed by atoms with van der Waals surface area (Å²) >= 11 is 0. The van der Waals surface area contributed by atoms with Crippen molar-refractivity contribution in [1.29, 1.82) is 0 Å². The first kappa shape index (κ1) is 14.5. The third-order valence-electron chi connectivity index (χ3n) is 3.69. The van der Waals surface area contributed by atoms with Crippen molar-refractivity contribution in [3.8, 4) is 11.1 Å². The Morgan fingerprint density at radius 1 is 1.00 bits per heavy atom. The molecule has 0 fully saturated rings. The van der Waals surface area contributed by atoms with E-state index in [1.807, 2.05) is 24.3 Å². The predicted molar refractivity (Wildman–Crippen MR) is 89.5 cm³/mol. The maximum atomic E-state index is 5.81. The highest BCUT2D eigenvalue weighted by Gasteiger charge is 2.11. The van der Waals surface area contributed by atoms with Gasteiger partial charge >= 0.3 is 0 Å². The largest absolute Gasteiger partial charge is 0.384 e. The van der Waals surface area contributed by atoms with Gasteiger partial charge in [-0.3, -0.25) is 0 Å². The Morgan fingerprint density at radius 3 is 2.64 bits per heavy atom. The van der Waals surface area contributed by atoms with Crippen LogP contribution in [-0.4, -0.2) is 17.1 Å². The molecule has 0 amide bonds. The number of benzene rings is 1. The number of hydrogen-bond acceptors (Lipinski definition) is 4. The average Bonchev–Trinajstić information content (AvgIpc) is 2.54. The maximum Gasteiger partial charge on any atom is 0.123 e. The number of ether oxygens (including phenoxy) is 1. The summed E-state index contributed by atoms with van der Waals surface area (Å²) in [5, 5.41) is 1.11. The van der Waals surface area contributed by atoms with Crippen molar-refractivity contribution >= 4 is 16.7 Å². The molecule has 4 heteroatoms. The molecule has 0 bridgehead atoms. The zero-order valence-electron chi connectivity index (χ0n) is 12.8. The lowest BCUT2D eigenvalue weighted by Crippen LogP contribution is -1.99. The molecule has 3 aromatic rings. The van der Waals surface area contributed by atoms with Crippen LogP contribution in [0.3, 0.4) is 0 Å². The van der Waals surface area contributed by atoms with Gasteiger partial charge < -0.3 is 10.5 Å². The van der Waals surface area contributed by atoms with Crippen molar-refractivity contribution in [2.24, 2.45) is 0 Å². The number of para-hydroxylation sites is 1. The fraction of sp³-hybridized carbons (Fsp3) is 0.222. The molecule has 1 aromatic carbocycles. The summed E-state index contributed by atoms with van der Waals surface area (Å²) in [5.74, 6) is 0.550. The molecule has 0 spiro atoms. The number of aryl methyl sites for hydroxylation is 1. The van der Waals surface area contributed by atoms with E-state index in [1.165, 1.54) is 0 Å². The fourth-order valence-electron chi connectivity index (χ4n) is 2.67.